The Balaban J connectivity index is 1.80. The summed E-state index contributed by atoms with van der Waals surface area (Å²) in [6, 6.07) is 7.78. The maximum atomic E-state index is 11.7. The first kappa shape index (κ1) is 13.9. The van der Waals surface area contributed by atoms with E-state index in [1.54, 1.807) is 0 Å². The molecule has 1 aromatic carbocycles. The molecule has 0 heterocycles. The van der Waals surface area contributed by atoms with Gasteiger partial charge in [0, 0.05) is 6.04 Å². The van der Waals surface area contributed by atoms with E-state index >= 15 is 0 Å². The van der Waals surface area contributed by atoms with Crippen molar-refractivity contribution in [1.29, 1.82) is 0 Å². The zero-order valence-corrected chi connectivity index (χ0v) is 11.2. The van der Waals surface area contributed by atoms with Crippen LogP contribution in [0.25, 0.3) is 0 Å². The minimum absolute atomic E-state index is 0.276. The van der Waals surface area contributed by atoms with Crippen molar-refractivity contribution >= 4 is 6.09 Å². The molecule has 4 nitrogen and oxygen atoms in total. The van der Waals surface area contributed by atoms with Crippen LogP contribution in [0.15, 0.2) is 24.3 Å². The lowest BCUT2D eigenvalue weighted by atomic mass is 9.96. The molecule has 0 bridgehead atoms. The van der Waals surface area contributed by atoms with Gasteiger partial charge in [-0.3, -0.25) is 0 Å². The summed E-state index contributed by atoms with van der Waals surface area (Å²) in [6.07, 6.45) is 6.27. The normalized spacial score (nSPS) is 16.1. The Morgan fingerprint density at radius 2 is 1.89 bits per heavy atom. The molecule has 3 N–H and O–H groups in total. The predicted octanol–water partition coefficient (Wildman–Crippen LogP) is 2.61. The van der Waals surface area contributed by atoms with Crippen molar-refractivity contribution in [3.05, 3.63) is 29.8 Å². The van der Waals surface area contributed by atoms with E-state index in [9.17, 15) is 4.79 Å². The topological polar surface area (TPSA) is 64.3 Å². The summed E-state index contributed by atoms with van der Waals surface area (Å²) in [5.41, 5.74) is 6.64. The first-order chi connectivity index (χ1) is 9.28. The number of rotatable bonds is 4. The highest BCUT2D eigenvalue weighted by Gasteiger charge is 2.16. The number of nitrogens with two attached hydrogens (primary N) is 1. The van der Waals surface area contributed by atoms with Crippen molar-refractivity contribution in [3.63, 3.8) is 0 Å². The van der Waals surface area contributed by atoms with Crippen LogP contribution >= 0.6 is 0 Å². The number of nitrogens with one attached hydrogen (secondary N) is 1. The fourth-order valence-electron chi connectivity index (χ4n) is 2.44. The fourth-order valence-corrected chi connectivity index (χ4v) is 2.44. The molecule has 2 rings (SSSR count). The minimum Gasteiger partial charge on any atom is -0.410 e. The Hall–Kier alpha value is -1.55. The van der Waals surface area contributed by atoms with Gasteiger partial charge < -0.3 is 15.8 Å². The van der Waals surface area contributed by atoms with Gasteiger partial charge in [-0.2, -0.15) is 0 Å². The van der Waals surface area contributed by atoms with E-state index in [0.29, 0.717) is 12.3 Å². The number of carbonyl (C=O) groups is 1. The molecule has 1 aromatic rings. The molecule has 0 atom stereocenters. The van der Waals surface area contributed by atoms with E-state index in [2.05, 4.69) is 5.32 Å². The first-order valence-corrected chi connectivity index (χ1v) is 7.05. The van der Waals surface area contributed by atoms with Crippen molar-refractivity contribution in [1.82, 2.24) is 5.32 Å². The van der Waals surface area contributed by atoms with Gasteiger partial charge in [-0.25, -0.2) is 4.79 Å². The molecule has 1 aliphatic carbocycles. The summed E-state index contributed by atoms with van der Waals surface area (Å²) in [7, 11) is 0. The Morgan fingerprint density at radius 3 is 2.53 bits per heavy atom. The highest BCUT2D eigenvalue weighted by Crippen LogP contribution is 2.18. The van der Waals surface area contributed by atoms with E-state index in [4.69, 9.17) is 10.5 Å². The maximum absolute atomic E-state index is 11.7. The average molecular weight is 262 g/mol. The van der Waals surface area contributed by atoms with Gasteiger partial charge in [0.25, 0.3) is 0 Å². The summed E-state index contributed by atoms with van der Waals surface area (Å²) >= 11 is 0. The smallest absolute Gasteiger partial charge is 0.410 e. The molecule has 104 valence electrons. The van der Waals surface area contributed by atoms with E-state index < -0.39 is 0 Å². The lowest BCUT2D eigenvalue weighted by Gasteiger charge is -2.22. The highest BCUT2D eigenvalue weighted by atomic mass is 16.6. The van der Waals surface area contributed by atoms with Gasteiger partial charge in [0.1, 0.15) is 5.75 Å². The monoisotopic (exact) mass is 262 g/mol. The van der Waals surface area contributed by atoms with Crippen molar-refractivity contribution in [3.8, 4) is 5.75 Å². The molecular weight excluding hydrogens is 240 g/mol. The van der Waals surface area contributed by atoms with Gasteiger partial charge in [-0.05, 0) is 43.5 Å². The molecule has 4 heteroatoms. The predicted molar refractivity (Wildman–Crippen MR) is 75.2 cm³/mol. The largest absolute Gasteiger partial charge is 0.412 e. The number of hydrogen-bond acceptors (Lipinski definition) is 3. The second-order valence-electron chi connectivity index (χ2n) is 5.05. The molecule has 0 spiro atoms. The van der Waals surface area contributed by atoms with Crippen molar-refractivity contribution in [2.24, 2.45) is 5.73 Å². The number of benzene rings is 1. The maximum Gasteiger partial charge on any atom is 0.412 e. The summed E-state index contributed by atoms with van der Waals surface area (Å²) in [6.45, 7) is 0.627. The third kappa shape index (κ3) is 4.56. The quantitative estimate of drug-likeness (QED) is 0.876. The molecule has 0 unspecified atom stereocenters. The summed E-state index contributed by atoms with van der Waals surface area (Å²) in [5.74, 6) is 0.578. The van der Waals surface area contributed by atoms with Gasteiger partial charge in [-0.15, -0.1) is 0 Å². The zero-order valence-electron chi connectivity index (χ0n) is 11.2. The van der Waals surface area contributed by atoms with Crippen LogP contribution in [-0.2, 0) is 6.42 Å². The van der Waals surface area contributed by atoms with Crippen LogP contribution in [0.1, 0.15) is 37.7 Å². The van der Waals surface area contributed by atoms with E-state index in [0.717, 1.165) is 24.8 Å². The Bertz CT molecular complexity index is 397. The minimum atomic E-state index is -0.349. The Morgan fingerprint density at radius 1 is 1.21 bits per heavy atom. The second kappa shape index (κ2) is 7.14. The third-order valence-electron chi connectivity index (χ3n) is 3.49. The Kier molecular flexibility index (Phi) is 5.21. The molecule has 0 aliphatic heterocycles. The molecule has 19 heavy (non-hydrogen) atoms. The standard InChI is InChI=1S/C15H22N2O2/c16-11-10-12-6-8-14(9-7-12)19-15(18)17-13-4-2-1-3-5-13/h6-9,13H,1-5,10-11,16H2,(H,17,18). The second-order valence-corrected chi connectivity index (χ2v) is 5.05. The van der Waals surface area contributed by atoms with Crippen LogP contribution in [-0.4, -0.2) is 18.7 Å². The molecule has 0 aromatic heterocycles. The summed E-state index contributed by atoms with van der Waals surface area (Å²) in [4.78, 5) is 11.7. The molecule has 1 amide bonds. The average Bonchev–Trinajstić information content (AvgIpc) is 2.42. The van der Waals surface area contributed by atoms with E-state index in [-0.39, 0.29) is 12.1 Å². The van der Waals surface area contributed by atoms with Crippen LogP contribution < -0.4 is 15.8 Å². The summed E-state index contributed by atoms with van der Waals surface area (Å²) < 4.78 is 5.27. The molecule has 1 fully saturated rings. The zero-order chi connectivity index (χ0) is 13.5. The van der Waals surface area contributed by atoms with Gasteiger partial charge in [0.15, 0.2) is 0 Å². The fraction of sp³-hybridized carbons (Fsp3) is 0.533. The molecular formula is C15H22N2O2. The van der Waals surface area contributed by atoms with Gasteiger partial charge in [-0.1, -0.05) is 31.4 Å². The van der Waals surface area contributed by atoms with Crippen LogP contribution in [0.3, 0.4) is 0 Å². The molecule has 1 aliphatic rings. The number of hydrogen-bond donors (Lipinski definition) is 2. The van der Waals surface area contributed by atoms with Crippen molar-refractivity contribution in [2.45, 2.75) is 44.6 Å². The SMILES string of the molecule is NCCc1ccc(OC(=O)NC2CCCCC2)cc1. The van der Waals surface area contributed by atoms with E-state index in [1.165, 1.54) is 19.3 Å². The lowest BCUT2D eigenvalue weighted by Crippen LogP contribution is -2.37. The molecule has 0 saturated heterocycles. The number of ether oxygens (including phenoxy) is 1. The van der Waals surface area contributed by atoms with Crippen LogP contribution in [0.5, 0.6) is 5.75 Å². The number of amides is 1. The molecule has 0 radical (unpaired) electrons. The first-order valence-electron chi connectivity index (χ1n) is 7.05. The third-order valence-corrected chi connectivity index (χ3v) is 3.49. The van der Waals surface area contributed by atoms with Crippen LogP contribution in [0, 0.1) is 0 Å². The van der Waals surface area contributed by atoms with Gasteiger partial charge in [0.05, 0.1) is 0 Å². The Labute approximate surface area is 114 Å². The number of carbonyl (C=O) groups excluding carboxylic acids is 1. The van der Waals surface area contributed by atoms with Gasteiger partial charge >= 0.3 is 6.09 Å². The van der Waals surface area contributed by atoms with Crippen LogP contribution in [0.4, 0.5) is 4.79 Å². The summed E-state index contributed by atoms with van der Waals surface area (Å²) in [5, 5.41) is 2.93. The van der Waals surface area contributed by atoms with Crippen molar-refractivity contribution < 1.29 is 9.53 Å². The van der Waals surface area contributed by atoms with Crippen molar-refractivity contribution in [2.75, 3.05) is 6.54 Å². The lowest BCUT2D eigenvalue weighted by molar-refractivity contribution is 0.192. The van der Waals surface area contributed by atoms with Gasteiger partial charge in [0.2, 0.25) is 0 Å². The highest BCUT2D eigenvalue weighted by molar-refractivity contribution is 5.70. The molecule has 1 saturated carbocycles. The van der Waals surface area contributed by atoms with Crippen LogP contribution in [0.2, 0.25) is 0 Å². The van der Waals surface area contributed by atoms with E-state index in [1.807, 2.05) is 24.3 Å².